The van der Waals surface area contributed by atoms with Crippen molar-refractivity contribution < 1.29 is 9.53 Å². The van der Waals surface area contributed by atoms with Crippen LogP contribution in [0, 0.1) is 0 Å². The number of benzene rings is 2. The fourth-order valence-electron chi connectivity index (χ4n) is 2.00. The molecule has 0 unspecified atom stereocenters. The summed E-state index contributed by atoms with van der Waals surface area (Å²) in [5.74, 6) is -0.417. The van der Waals surface area contributed by atoms with Crippen LogP contribution in [0.5, 0.6) is 0 Å². The Balaban J connectivity index is 2.35. The zero-order valence-corrected chi connectivity index (χ0v) is 10.7. The highest BCUT2D eigenvalue weighted by Crippen LogP contribution is 2.25. The lowest BCUT2D eigenvalue weighted by Gasteiger charge is -2.16. The molecular formula is C17H16O2. The third-order valence-corrected chi connectivity index (χ3v) is 2.95. The van der Waals surface area contributed by atoms with Gasteiger partial charge in [0.15, 0.2) is 0 Å². The molecule has 2 heteroatoms. The average Bonchev–Trinajstić information content (AvgIpc) is 2.46. The van der Waals surface area contributed by atoms with Gasteiger partial charge in [-0.05, 0) is 22.4 Å². The maximum absolute atomic E-state index is 11.4. The van der Waals surface area contributed by atoms with Gasteiger partial charge in [0.25, 0.3) is 0 Å². The standard InChI is InChI=1S/C17H16O2/c1-3-7-16(19-17(18)4-2)15-11-10-13-8-5-6-9-14(13)12-15/h3-6,8-12,16H,1-2,7H2/t16-/m1/s1. The van der Waals surface area contributed by atoms with E-state index < -0.39 is 5.97 Å². The highest BCUT2D eigenvalue weighted by atomic mass is 16.5. The largest absolute Gasteiger partial charge is 0.454 e. The molecule has 2 aromatic carbocycles. The molecule has 0 saturated carbocycles. The highest BCUT2D eigenvalue weighted by Gasteiger charge is 2.14. The van der Waals surface area contributed by atoms with Gasteiger partial charge in [-0.3, -0.25) is 0 Å². The molecule has 0 fully saturated rings. The third kappa shape index (κ3) is 3.10. The second-order valence-electron chi connectivity index (χ2n) is 4.26. The molecule has 1 atom stereocenters. The minimum absolute atomic E-state index is 0.312. The average molecular weight is 252 g/mol. The van der Waals surface area contributed by atoms with Gasteiger partial charge >= 0.3 is 5.97 Å². The van der Waals surface area contributed by atoms with Gasteiger partial charge in [-0.25, -0.2) is 4.79 Å². The first kappa shape index (κ1) is 13.1. The summed E-state index contributed by atoms with van der Waals surface area (Å²) in [6.07, 6.45) is 3.19. The van der Waals surface area contributed by atoms with Crippen molar-refractivity contribution in [1.29, 1.82) is 0 Å². The summed E-state index contributed by atoms with van der Waals surface area (Å²) in [6, 6.07) is 14.1. The van der Waals surface area contributed by atoms with Gasteiger partial charge in [0, 0.05) is 12.5 Å². The number of ether oxygens (including phenoxy) is 1. The first-order chi connectivity index (χ1) is 9.24. The van der Waals surface area contributed by atoms with Crippen molar-refractivity contribution in [3.05, 3.63) is 73.3 Å². The zero-order valence-electron chi connectivity index (χ0n) is 10.7. The SMILES string of the molecule is C=CC[C@@H](OC(=O)C=C)c1ccc2ccccc2c1. The first-order valence-electron chi connectivity index (χ1n) is 6.17. The quantitative estimate of drug-likeness (QED) is 0.453. The normalized spacial score (nSPS) is 11.8. The van der Waals surface area contributed by atoms with Crippen LogP contribution in [0.1, 0.15) is 18.1 Å². The van der Waals surface area contributed by atoms with Crippen molar-refractivity contribution in [3.63, 3.8) is 0 Å². The maximum atomic E-state index is 11.4. The zero-order chi connectivity index (χ0) is 13.7. The number of esters is 1. The second kappa shape index (κ2) is 6.01. The Morgan fingerprint density at radius 3 is 2.58 bits per heavy atom. The van der Waals surface area contributed by atoms with E-state index in [1.165, 1.54) is 11.5 Å². The number of hydrogen-bond acceptors (Lipinski definition) is 2. The molecule has 0 radical (unpaired) electrons. The molecule has 0 aliphatic carbocycles. The van der Waals surface area contributed by atoms with Gasteiger partial charge in [0.1, 0.15) is 6.10 Å². The molecule has 0 spiro atoms. The summed E-state index contributed by atoms with van der Waals surface area (Å²) >= 11 is 0. The minimum Gasteiger partial charge on any atom is -0.454 e. The predicted molar refractivity (Wildman–Crippen MR) is 77.8 cm³/mol. The molecule has 0 bridgehead atoms. The fourth-order valence-corrected chi connectivity index (χ4v) is 2.00. The molecule has 2 rings (SSSR count). The molecule has 0 saturated heterocycles. The highest BCUT2D eigenvalue weighted by molar-refractivity contribution is 5.84. The number of fused-ring (bicyclic) bond motifs is 1. The molecule has 96 valence electrons. The van der Waals surface area contributed by atoms with Crippen molar-refractivity contribution in [2.24, 2.45) is 0 Å². The smallest absolute Gasteiger partial charge is 0.330 e. The molecule has 2 aromatic rings. The summed E-state index contributed by atoms with van der Waals surface area (Å²) in [6.45, 7) is 7.12. The van der Waals surface area contributed by atoms with E-state index in [-0.39, 0.29) is 6.10 Å². The lowest BCUT2D eigenvalue weighted by atomic mass is 10.0. The van der Waals surface area contributed by atoms with E-state index >= 15 is 0 Å². The molecule has 19 heavy (non-hydrogen) atoms. The summed E-state index contributed by atoms with van der Waals surface area (Å²) < 4.78 is 5.35. The Kier molecular flexibility index (Phi) is 4.14. The van der Waals surface area contributed by atoms with Crippen LogP contribution in [-0.4, -0.2) is 5.97 Å². The number of rotatable bonds is 5. The van der Waals surface area contributed by atoms with E-state index in [0.717, 1.165) is 10.9 Å². The van der Waals surface area contributed by atoms with Crippen molar-refractivity contribution in [2.45, 2.75) is 12.5 Å². The molecule has 0 aliphatic heterocycles. The Morgan fingerprint density at radius 2 is 1.89 bits per heavy atom. The fraction of sp³-hybridized carbons (Fsp3) is 0.118. The van der Waals surface area contributed by atoms with Crippen LogP contribution in [0.4, 0.5) is 0 Å². The van der Waals surface area contributed by atoms with E-state index in [9.17, 15) is 4.79 Å². The van der Waals surface area contributed by atoms with Crippen LogP contribution >= 0.6 is 0 Å². The van der Waals surface area contributed by atoms with Gasteiger partial charge in [0.2, 0.25) is 0 Å². The van der Waals surface area contributed by atoms with E-state index in [2.05, 4.69) is 19.2 Å². The molecule has 2 nitrogen and oxygen atoms in total. The van der Waals surface area contributed by atoms with Crippen LogP contribution in [0.25, 0.3) is 10.8 Å². The van der Waals surface area contributed by atoms with E-state index in [4.69, 9.17) is 4.74 Å². The van der Waals surface area contributed by atoms with E-state index in [0.29, 0.717) is 6.42 Å². The molecular weight excluding hydrogens is 236 g/mol. The summed E-state index contributed by atoms with van der Waals surface area (Å²) in [5.41, 5.74) is 0.966. The lowest BCUT2D eigenvalue weighted by Crippen LogP contribution is -2.08. The van der Waals surface area contributed by atoms with Crippen molar-refractivity contribution >= 4 is 16.7 Å². The molecule has 0 N–H and O–H groups in total. The molecule has 0 aliphatic rings. The summed E-state index contributed by atoms with van der Waals surface area (Å²) in [4.78, 5) is 11.4. The molecule has 0 aromatic heterocycles. The number of hydrogen-bond donors (Lipinski definition) is 0. The van der Waals surface area contributed by atoms with Crippen LogP contribution in [0.3, 0.4) is 0 Å². The van der Waals surface area contributed by atoms with Crippen molar-refractivity contribution in [3.8, 4) is 0 Å². The third-order valence-electron chi connectivity index (χ3n) is 2.95. The van der Waals surface area contributed by atoms with Gasteiger partial charge in [-0.2, -0.15) is 0 Å². The Labute approximate surface area is 113 Å². The summed E-state index contributed by atoms with van der Waals surface area (Å²) in [7, 11) is 0. The van der Waals surface area contributed by atoms with Crippen LogP contribution in [0.15, 0.2) is 67.8 Å². The molecule has 0 amide bonds. The number of carbonyl (C=O) groups excluding carboxylic acids is 1. The Hall–Kier alpha value is -2.35. The Morgan fingerprint density at radius 1 is 1.16 bits per heavy atom. The van der Waals surface area contributed by atoms with Gasteiger partial charge < -0.3 is 4.74 Å². The first-order valence-corrected chi connectivity index (χ1v) is 6.17. The molecule has 0 heterocycles. The van der Waals surface area contributed by atoms with Crippen molar-refractivity contribution in [2.75, 3.05) is 0 Å². The van der Waals surface area contributed by atoms with Crippen LogP contribution in [-0.2, 0) is 9.53 Å². The van der Waals surface area contributed by atoms with Gasteiger partial charge in [0.05, 0.1) is 0 Å². The minimum atomic E-state index is -0.417. The second-order valence-corrected chi connectivity index (χ2v) is 4.26. The Bertz CT molecular complexity index is 613. The van der Waals surface area contributed by atoms with Gasteiger partial charge in [-0.15, -0.1) is 6.58 Å². The summed E-state index contributed by atoms with van der Waals surface area (Å²) in [5, 5.41) is 2.29. The lowest BCUT2D eigenvalue weighted by molar-refractivity contribution is -0.143. The van der Waals surface area contributed by atoms with Crippen LogP contribution < -0.4 is 0 Å². The maximum Gasteiger partial charge on any atom is 0.330 e. The predicted octanol–water partition coefficient (Wildman–Crippen LogP) is 4.19. The number of carbonyl (C=O) groups is 1. The topological polar surface area (TPSA) is 26.3 Å². The van der Waals surface area contributed by atoms with Gasteiger partial charge in [-0.1, -0.05) is 49.1 Å². The van der Waals surface area contributed by atoms with Crippen LogP contribution in [0.2, 0.25) is 0 Å². The van der Waals surface area contributed by atoms with E-state index in [1.807, 2.05) is 36.4 Å². The van der Waals surface area contributed by atoms with E-state index in [1.54, 1.807) is 6.08 Å². The monoisotopic (exact) mass is 252 g/mol. The van der Waals surface area contributed by atoms with Crippen molar-refractivity contribution in [1.82, 2.24) is 0 Å².